The number of hydrogen-bond donors (Lipinski definition) is 1. The zero-order chi connectivity index (χ0) is 15.4. The Morgan fingerprint density at radius 3 is 2.27 bits per heavy atom. The molecule has 3 rings (SSSR count). The van der Waals surface area contributed by atoms with Crippen LogP contribution in [-0.2, 0) is 0 Å². The molecule has 0 unspecified atom stereocenters. The van der Waals surface area contributed by atoms with Crippen LogP contribution in [0.4, 0.5) is 0 Å². The van der Waals surface area contributed by atoms with Crippen molar-refractivity contribution >= 4 is 18.7 Å². The molecule has 2 aromatic carbocycles. The summed E-state index contributed by atoms with van der Waals surface area (Å²) in [5, 5.41) is 4.17. The first-order valence-electron chi connectivity index (χ1n) is 7.04. The fraction of sp³-hybridized carbons (Fsp3) is 0. The fourth-order valence-electron chi connectivity index (χ4n) is 2.25. The molecule has 1 N–H and O–H groups in total. The van der Waals surface area contributed by atoms with Crippen LogP contribution in [0.5, 0.6) is 0 Å². The van der Waals surface area contributed by atoms with Gasteiger partial charge < -0.3 is 0 Å². The molecule has 0 saturated heterocycles. The van der Waals surface area contributed by atoms with Crippen LogP contribution in [0.2, 0.25) is 0 Å². The summed E-state index contributed by atoms with van der Waals surface area (Å²) in [7, 11) is 0. The van der Waals surface area contributed by atoms with E-state index in [1.807, 2.05) is 72.8 Å². The molecule has 3 heteroatoms. The number of H-pyrrole nitrogens is 1. The maximum Gasteiger partial charge on any atom is 0.279 e. The Hall–Kier alpha value is -3.07. The number of nitrogens with zero attached hydrogens (tertiary/aromatic N) is 1. The number of hydrogen-bond acceptors (Lipinski definition) is 1. The number of allylic oxidation sites excluding steroid dienone is 1. The number of nitrogens with one attached hydrogen (secondary N) is 1. The van der Waals surface area contributed by atoms with E-state index in [2.05, 4.69) is 11.7 Å². The van der Waals surface area contributed by atoms with Gasteiger partial charge in [0.1, 0.15) is 0 Å². The van der Waals surface area contributed by atoms with Crippen LogP contribution in [0.1, 0.15) is 5.56 Å². The van der Waals surface area contributed by atoms with Crippen molar-refractivity contribution in [2.45, 2.75) is 0 Å². The summed E-state index contributed by atoms with van der Waals surface area (Å²) >= 11 is 0. The van der Waals surface area contributed by atoms with E-state index in [-0.39, 0.29) is 5.56 Å². The van der Waals surface area contributed by atoms with Gasteiger partial charge >= 0.3 is 0 Å². The summed E-state index contributed by atoms with van der Waals surface area (Å²) in [4.78, 5) is 12.5. The van der Waals surface area contributed by atoms with Gasteiger partial charge in [0.25, 0.3) is 5.56 Å². The number of para-hydroxylation sites is 1. The van der Waals surface area contributed by atoms with E-state index >= 15 is 0 Å². The molecule has 0 atom stereocenters. The third-order valence-electron chi connectivity index (χ3n) is 3.37. The van der Waals surface area contributed by atoms with Gasteiger partial charge in [-0.1, -0.05) is 67.3 Å². The van der Waals surface area contributed by atoms with Crippen LogP contribution in [-0.4, -0.2) is 9.78 Å². The van der Waals surface area contributed by atoms with Crippen LogP contribution < -0.4 is 16.1 Å². The van der Waals surface area contributed by atoms with Crippen molar-refractivity contribution in [3.05, 3.63) is 93.2 Å². The second-order valence-electron chi connectivity index (χ2n) is 4.92. The fourth-order valence-corrected chi connectivity index (χ4v) is 2.25. The molecule has 1 aromatic heterocycles. The highest BCUT2D eigenvalue weighted by atomic mass is 16.1. The Kier molecular flexibility index (Phi) is 3.88. The van der Waals surface area contributed by atoms with Crippen molar-refractivity contribution in [1.82, 2.24) is 9.78 Å². The van der Waals surface area contributed by atoms with E-state index in [9.17, 15) is 4.79 Å². The van der Waals surface area contributed by atoms with E-state index in [0.29, 0.717) is 10.6 Å². The van der Waals surface area contributed by atoms with E-state index in [0.717, 1.165) is 11.3 Å². The van der Waals surface area contributed by atoms with Crippen molar-refractivity contribution in [2.75, 3.05) is 0 Å². The minimum absolute atomic E-state index is 0.103. The van der Waals surface area contributed by atoms with Crippen LogP contribution in [0.3, 0.4) is 0 Å². The molecular weight excluding hydrogens is 272 g/mol. The first-order valence-corrected chi connectivity index (χ1v) is 7.04. The van der Waals surface area contributed by atoms with Crippen LogP contribution in [0.25, 0.3) is 24.4 Å². The molecule has 108 valence electrons. The van der Waals surface area contributed by atoms with Crippen LogP contribution >= 0.6 is 0 Å². The lowest BCUT2D eigenvalue weighted by Crippen LogP contribution is -2.33. The van der Waals surface area contributed by atoms with Gasteiger partial charge in [0.05, 0.1) is 16.3 Å². The number of aromatic nitrogens is 2. The average Bonchev–Trinajstić information content (AvgIpc) is 2.85. The van der Waals surface area contributed by atoms with Gasteiger partial charge in [0.2, 0.25) is 0 Å². The molecule has 3 aromatic rings. The third kappa shape index (κ3) is 2.83. The first-order chi connectivity index (χ1) is 10.8. The maximum atomic E-state index is 12.5. The first kappa shape index (κ1) is 13.9. The summed E-state index contributed by atoms with van der Waals surface area (Å²) in [6.07, 6.45) is 5.61. The second-order valence-corrected chi connectivity index (χ2v) is 4.92. The molecule has 0 aliphatic heterocycles. The second kappa shape index (κ2) is 6.14. The lowest BCUT2D eigenvalue weighted by atomic mass is 10.2. The van der Waals surface area contributed by atoms with Gasteiger partial charge in [0, 0.05) is 0 Å². The van der Waals surface area contributed by atoms with E-state index in [1.165, 1.54) is 4.68 Å². The Labute approximate surface area is 128 Å². The Bertz CT molecular complexity index is 948. The highest BCUT2D eigenvalue weighted by Gasteiger charge is 2.02. The summed E-state index contributed by atoms with van der Waals surface area (Å²) in [6.45, 7) is 3.91. The highest BCUT2D eigenvalue weighted by molar-refractivity contribution is 5.57. The maximum absolute atomic E-state index is 12.5. The van der Waals surface area contributed by atoms with Gasteiger partial charge in [-0.05, 0) is 23.8 Å². The normalized spacial score (nSPS) is 12.1. The summed E-state index contributed by atoms with van der Waals surface area (Å²) < 4.78 is 1.50. The molecule has 3 nitrogen and oxygen atoms in total. The van der Waals surface area contributed by atoms with E-state index in [4.69, 9.17) is 0 Å². The Morgan fingerprint density at radius 1 is 0.955 bits per heavy atom. The molecule has 0 amide bonds. The van der Waals surface area contributed by atoms with Crippen molar-refractivity contribution in [3.63, 3.8) is 0 Å². The summed E-state index contributed by atoms with van der Waals surface area (Å²) in [5.41, 5.74) is 1.78. The minimum Gasteiger partial charge on any atom is -0.291 e. The predicted molar refractivity (Wildman–Crippen MR) is 91.1 cm³/mol. The molecule has 0 aliphatic carbocycles. The van der Waals surface area contributed by atoms with Crippen LogP contribution in [0, 0.1) is 0 Å². The molecule has 0 saturated carbocycles. The SMILES string of the molecule is C=c1[nH]n(-c2ccccc2)c(=O)c1=CC=Cc1ccccc1. The highest BCUT2D eigenvalue weighted by Crippen LogP contribution is 2.01. The molecule has 0 spiro atoms. The molecule has 0 fully saturated rings. The smallest absolute Gasteiger partial charge is 0.279 e. The number of rotatable bonds is 3. The molecule has 22 heavy (non-hydrogen) atoms. The molecule has 0 aliphatic rings. The van der Waals surface area contributed by atoms with Crippen molar-refractivity contribution < 1.29 is 0 Å². The number of aromatic amines is 1. The Balaban J connectivity index is 2.01. The minimum atomic E-state index is -0.103. The monoisotopic (exact) mass is 288 g/mol. The van der Waals surface area contributed by atoms with Crippen LogP contribution in [0.15, 0.2) is 71.5 Å². The van der Waals surface area contributed by atoms with Gasteiger partial charge in [-0.25, -0.2) is 4.68 Å². The van der Waals surface area contributed by atoms with Gasteiger partial charge in [-0.2, -0.15) is 0 Å². The average molecular weight is 288 g/mol. The largest absolute Gasteiger partial charge is 0.291 e. The van der Waals surface area contributed by atoms with E-state index in [1.54, 1.807) is 6.08 Å². The topological polar surface area (TPSA) is 37.8 Å². The molecule has 0 radical (unpaired) electrons. The van der Waals surface area contributed by atoms with Crippen molar-refractivity contribution in [2.24, 2.45) is 0 Å². The summed E-state index contributed by atoms with van der Waals surface area (Å²) in [6, 6.07) is 19.4. The standard InChI is InChI=1S/C19H16N2O/c1-15-18(14-8-11-16-9-4-2-5-10-16)19(22)21(20-15)17-12-6-3-7-13-17/h2-14,20H,1H2. The van der Waals surface area contributed by atoms with Gasteiger partial charge in [-0.15, -0.1) is 0 Å². The van der Waals surface area contributed by atoms with Gasteiger partial charge in [0.15, 0.2) is 0 Å². The predicted octanol–water partition coefficient (Wildman–Crippen LogP) is 2.07. The summed E-state index contributed by atoms with van der Waals surface area (Å²) in [5.74, 6) is 0. The Morgan fingerprint density at radius 2 is 1.59 bits per heavy atom. The van der Waals surface area contributed by atoms with Gasteiger partial charge in [-0.3, -0.25) is 9.89 Å². The lowest BCUT2D eigenvalue weighted by Gasteiger charge is -1.98. The third-order valence-corrected chi connectivity index (χ3v) is 3.37. The van der Waals surface area contributed by atoms with Crippen molar-refractivity contribution in [1.29, 1.82) is 0 Å². The van der Waals surface area contributed by atoms with E-state index < -0.39 is 0 Å². The molecule has 0 bridgehead atoms. The molecular formula is C19H16N2O. The quantitative estimate of drug-likeness (QED) is 0.787. The van der Waals surface area contributed by atoms with Crippen molar-refractivity contribution in [3.8, 4) is 5.69 Å². The number of benzene rings is 2. The zero-order valence-electron chi connectivity index (χ0n) is 12.1. The lowest BCUT2D eigenvalue weighted by molar-refractivity contribution is 0.838. The molecule has 1 heterocycles. The zero-order valence-corrected chi connectivity index (χ0v) is 12.1.